The Kier molecular flexibility index (Phi) is 4.23. The SMILES string of the molecule is CC1=C[C@@H]2OC(=O)[C@@H](C)[C@@H]2CC[C@](C)(O)[C@H](O)C[C@H]1O. The molecule has 5 heteroatoms. The number of hydrogen-bond donors (Lipinski definition) is 3. The van der Waals surface area contributed by atoms with Crippen molar-refractivity contribution in [3.63, 3.8) is 0 Å². The summed E-state index contributed by atoms with van der Waals surface area (Å²) >= 11 is 0. The monoisotopic (exact) mass is 284 g/mol. The molecular formula is C15H24O5. The van der Waals surface area contributed by atoms with Crippen molar-refractivity contribution in [1.82, 2.24) is 0 Å². The molecule has 1 fully saturated rings. The van der Waals surface area contributed by atoms with Gasteiger partial charge in [-0.05, 0) is 38.3 Å². The molecule has 0 radical (unpaired) electrons. The van der Waals surface area contributed by atoms with Crippen molar-refractivity contribution >= 4 is 5.97 Å². The summed E-state index contributed by atoms with van der Waals surface area (Å²) in [6, 6.07) is 0. The van der Waals surface area contributed by atoms with Gasteiger partial charge in [0.15, 0.2) is 0 Å². The highest BCUT2D eigenvalue weighted by molar-refractivity contribution is 5.75. The van der Waals surface area contributed by atoms with E-state index in [1.807, 2.05) is 6.92 Å². The van der Waals surface area contributed by atoms with Crippen LogP contribution in [0.2, 0.25) is 0 Å². The first-order valence-corrected chi connectivity index (χ1v) is 7.19. The minimum atomic E-state index is -1.27. The van der Waals surface area contributed by atoms with Crippen LogP contribution in [0.1, 0.15) is 40.0 Å². The Bertz CT molecular complexity index is 414. The number of fused-ring (bicyclic) bond motifs is 1. The van der Waals surface area contributed by atoms with Gasteiger partial charge in [-0.25, -0.2) is 0 Å². The second kappa shape index (κ2) is 5.47. The first kappa shape index (κ1) is 15.5. The average molecular weight is 284 g/mol. The van der Waals surface area contributed by atoms with Gasteiger partial charge in [-0.2, -0.15) is 0 Å². The van der Waals surface area contributed by atoms with E-state index < -0.39 is 17.8 Å². The van der Waals surface area contributed by atoms with Crippen LogP contribution in [0.4, 0.5) is 0 Å². The Morgan fingerprint density at radius 2 is 2.05 bits per heavy atom. The van der Waals surface area contributed by atoms with Crippen molar-refractivity contribution in [2.75, 3.05) is 0 Å². The van der Waals surface area contributed by atoms with Crippen LogP contribution < -0.4 is 0 Å². The van der Waals surface area contributed by atoms with Gasteiger partial charge >= 0.3 is 5.97 Å². The predicted molar refractivity (Wildman–Crippen MR) is 72.8 cm³/mol. The number of carbonyl (C=O) groups is 1. The number of esters is 1. The molecule has 1 aliphatic carbocycles. The largest absolute Gasteiger partial charge is 0.458 e. The molecule has 114 valence electrons. The highest BCUT2D eigenvalue weighted by Gasteiger charge is 2.43. The summed E-state index contributed by atoms with van der Waals surface area (Å²) in [7, 11) is 0. The molecule has 6 atom stereocenters. The number of carbonyl (C=O) groups excluding carboxylic acids is 1. The fourth-order valence-corrected chi connectivity index (χ4v) is 3.01. The van der Waals surface area contributed by atoms with Crippen LogP contribution in [-0.4, -0.2) is 45.2 Å². The summed E-state index contributed by atoms with van der Waals surface area (Å²) in [6.45, 7) is 5.15. The van der Waals surface area contributed by atoms with Crippen LogP contribution >= 0.6 is 0 Å². The number of rotatable bonds is 0. The molecular weight excluding hydrogens is 260 g/mol. The molecule has 0 aromatic heterocycles. The van der Waals surface area contributed by atoms with Gasteiger partial charge in [0.2, 0.25) is 0 Å². The Morgan fingerprint density at radius 1 is 1.40 bits per heavy atom. The molecule has 1 aliphatic heterocycles. The quantitative estimate of drug-likeness (QED) is 0.452. The lowest BCUT2D eigenvalue weighted by Gasteiger charge is -2.33. The zero-order valence-electron chi connectivity index (χ0n) is 12.2. The molecule has 5 nitrogen and oxygen atoms in total. The fraction of sp³-hybridized carbons (Fsp3) is 0.800. The summed E-state index contributed by atoms with van der Waals surface area (Å²) in [5, 5.41) is 30.5. The van der Waals surface area contributed by atoms with Crippen molar-refractivity contribution < 1.29 is 24.9 Å². The maximum atomic E-state index is 11.7. The number of hydrogen-bond acceptors (Lipinski definition) is 5. The molecule has 0 unspecified atom stereocenters. The molecule has 0 amide bonds. The molecule has 0 spiro atoms. The zero-order valence-corrected chi connectivity index (χ0v) is 12.2. The molecule has 3 N–H and O–H groups in total. The van der Waals surface area contributed by atoms with Gasteiger partial charge in [-0.3, -0.25) is 4.79 Å². The van der Waals surface area contributed by atoms with Gasteiger partial charge in [0.25, 0.3) is 0 Å². The Morgan fingerprint density at radius 3 is 2.70 bits per heavy atom. The van der Waals surface area contributed by atoms with Crippen molar-refractivity contribution in [2.45, 2.75) is 63.9 Å². The Hall–Kier alpha value is -0.910. The highest BCUT2D eigenvalue weighted by Crippen LogP contribution is 2.37. The van der Waals surface area contributed by atoms with E-state index in [1.54, 1.807) is 19.9 Å². The summed E-state index contributed by atoms with van der Waals surface area (Å²) in [5.74, 6) is -0.493. The lowest BCUT2D eigenvalue weighted by Crippen LogP contribution is -2.43. The smallest absolute Gasteiger partial charge is 0.309 e. The van der Waals surface area contributed by atoms with E-state index in [-0.39, 0.29) is 30.3 Å². The molecule has 0 aromatic rings. The molecule has 20 heavy (non-hydrogen) atoms. The van der Waals surface area contributed by atoms with Gasteiger partial charge in [-0.15, -0.1) is 0 Å². The third-order valence-electron chi connectivity index (χ3n) is 4.79. The van der Waals surface area contributed by atoms with E-state index in [0.29, 0.717) is 18.4 Å². The van der Waals surface area contributed by atoms with E-state index in [2.05, 4.69) is 0 Å². The van der Waals surface area contributed by atoms with E-state index in [1.165, 1.54) is 0 Å². The van der Waals surface area contributed by atoms with E-state index in [0.717, 1.165) is 0 Å². The van der Waals surface area contributed by atoms with Crippen LogP contribution in [-0.2, 0) is 9.53 Å². The standard InChI is InChI=1S/C15H24O5/c1-8-6-12-10(9(2)14(18)20-12)4-5-15(3,19)13(17)7-11(8)16/h6,9-13,16-17,19H,4-5,7H2,1-3H3/t9-,10-,11+,12-,13+,15-/m0/s1. The topological polar surface area (TPSA) is 87.0 Å². The second-order valence-electron chi connectivity index (χ2n) is 6.43. The minimum absolute atomic E-state index is 0.0265. The van der Waals surface area contributed by atoms with E-state index >= 15 is 0 Å². The third-order valence-corrected chi connectivity index (χ3v) is 4.79. The Labute approximate surface area is 119 Å². The maximum absolute atomic E-state index is 11.7. The molecule has 0 saturated carbocycles. The summed E-state index contributed by atoms with van der Waals surface area (Å²) in [6.07, 6.45) is 0.644. The molecule has 0 aromatic carbocycles. The van der Waals surface area contributed by atoms with Crippen LogP contribution in [0.5, 0.6) is 0 Å². The second-order valence-corrected chi connectivity index (χ2v) is 6.43. The summed E-state index contributed by atoms with van der Waals surface area (Å²) < 4.78 is 5.35. The zero-order chi connectivity index (χ0) is 15.1. The summed E-state index contributed by atoms with van der Waals surface area (Å²) in [4.78, 5) is 11.7. The van der Waals surface area contributed by atoms with Gasteiger partial charge in [0, 0.05) is 12.3 Å². The lowest BCUT2D eigenvalue weighted by atomic mass is 9.79. The normalized spacial score (nSPS) is 46.4. The van der Waals surface area contributed by atoms with Crippen LogP contribution in [0, 0.1) is 11.8 Å². The van der Waals surface area contributed by atoms with Gasteiger partial charge in [0.05, 0.1) is 23.7 Å². The number of ether oxygens (including phenoxy) is 1. The van der Waals surface area contributed by atoms with Gasteiger partial charge in [-0.1, -0.05) is 6.92 Å². The van der Waals surface area contributed by atoms with Crippen LogP contribution in [0.25, 0.3) is 0 Å². The maximum Gasteiger partial charge on any atom is 0.309 e. The van der Waals surface area contributed by atoms with E-state index in [4.69, 9.17) is 4.74 Å². The lowest BCUT2D eigenvalue weighted by molar-refractivity contribution is -0.142. The first-order chi connectivity index (χ1) is 9.22. The minimum Gasteiger partial charge on any atom is -0.458 e. The van der Waals surface area contributed by atoms with Gasteiger partial charge < -0.3 is 20.1 Å². The average Bonchev–Trinajstić information content (AvgIpc) is 2.61. The fourth-order valence-electron chi connectivity index (χ4n) is 3.01. The third kappa shape index (κ3) is 2.90. The van der Waals surface area contributed by atoms with Crippen molar-refractivity contribution in [3.8, 4) is 0 Å². The molecule has 1 heterocycles. The summed E-state index contributed by atoms with van der Waals surface area (Å²) in [5.41, 5.74) is -0.604. The number of aliphatic hydroxyl groups is 3. The molecule has 2 rings (SSSR count). The van der Waals surface area contributed by atoms with Crippen molar-refractivity contribution in [3.05, 3.63) is 11.6 Å². The van der Waals surface area contributed by atoms with Crippen molar-refractivity contribution in [1.29, 1.82) is 0 Å². The molecule has 2 aliphatic rings. The predicted octanol–water partition coefficient (Wildman–Crippen LogP) is 0.767. The Balaban J connectivity index is 2.31. The first-order valence-electron chi connectivity index (χ1n) is 7.19. The van der Waals surface area contributed by atoms with Crippen LogP contribution in [0.3, 0.4) is 0 Å². The highest BCUT2D eigenvalue weighted by atomic mass is 16.6. The molecule has 0 bridgehead atoms. The van der Waals surface area contributed by atoms with Gasteiger partial charge in [0.1, 0.15) is 6.10 Å². The van der Waals surface area contributed by atoms with E-state index in [9.17, 15) is 20.1 Å². The molecule has 1 saturated heterocycles. The van der Waals surface area contributed by atoms with Crippen LogP contribution in [0.15, 0.2) is 11.6 Å². The number of aliphatic hydroxyl groups excluding tert-OH is 2. The van der Waals surface area contributed by atoms with Crippen molar-refractivity contribution in [2.24, 2.45) is 11.8 Å².